The minimum absolute atomic E-state index is 0.213. The van der Waals surface area contributed by atoms with Gasteiger partial charge in [0.25, 0.3) is 5.91 Å². The highest BCUT2D eigenvalue weighted by molar-refractivity contribution is 7.89. The van der Waals surface area contributed by atoms with Crippen molar-refractivity contribution in [2.45, 2.75) is 24.7 Å². The first-order chi connectivity index (χ1) is 11.4. The second kappa shape index (κ2) is 6.41. The molecule has 1 N–H and O–H groups in total. The van der Waals surface area contributed by atoms with Crippen LogP contribution in [-0.4, -0.2) is 36.3 Å². The van der Waals surface area contributed by atoms with E-state index in [2.05, 4.69) is 5.32 Å². The van der Waals surface area contributed by atoms with Crippen molar-refractivity contribution in [1.29, 1.82) is 0 Å². The first kappa shape index (κ1) is 16.7. The average Bonchev–Trinajstić information content (AvgIpc) is 3.19. The van der Waals surface area contributed by atoms with E-state index in [1.165, 1.54) is 10.4 Å². The van der Waals surface area contributed by atoms with E-state index in [1.807, 2.05) is 18.2 Å². The van der Waals surface area contributed by atoms with Crippen molar-refractivity contribution >= 4 is 21.6 Å². The van der Waals surface area contributed by atoms with Crippen molar-refractivity contribution in [3.8, 4) is 0 Å². The van der Waals surface area contributed by atoms with E-state index < -0.39 is 10.0 Å². The van der Waals surface area contributed by atoms with Gasteiger partial charge in [-0.2, -0.15) is 4.31 Å². The average molecular weight is 347 g/mol. The Kier molecular flexibility index (Phi) is 4.47. The van der Waals surface area contributed by atoms with Crippen molar-refractivity contribution in [2.24, 2.45) is 7.05 Å². The van der Waals surface area contributed by atoms with Gasteiger partial charge in [-0.3, -0.25) is 4.79 Å². The van der Waals surface area contributed by atoms with Crippen LogP contribution in [-0.2, 0) is 17.1 Å². The molecule has 6 nitrogen and oxygen atoms in total. The fraction of sp³-hybridized carbons (Fsp3) is 0.353. The third-order valence-corrected chi connectivity index (χ3v) is 6.45. The maximum Gasteiger partial charge on any atom is 0.272 e. The second-order valence-electron chi connectivity index (χ2n) is 5.97. The Morgan fingerprint density at radius 1 is 1.12 bits per heavy atom. The fourth-order valence-electron chi connectivity index (χ4n) is 2.93. The number of para-hydroxylation sites is 1. The summed E-state index contributed by atoms with van der Waals surface area (Å²) < 4.78 is 28.7. The number of nitrogens with one attached hydrogen (secondary N) is 1. The first-order valence-corrected chi connectivity index (χ1v) is 9.38. The standard InChI is InChI=1S/C17H21N3O3S/c1-13-16(24(22,23)20-10-6-7-11-20)12-15(19(13)2)17(21)18-14-8-4-3-5-9-14/h3-5,8-9,12H,6-7,10-11H2,1-2H3,(H,18,21). The van der Waals surface area contributed by atoms with Crippen molar-refractivity contribution in [3.63, 3.8) is 0 Å². The Hall–Kier alpha value is -2.12. The van der Waals surface area contributed by atoms with Gasteiger partial charge in [0.15, 0.2) is 0 Å². The van der Waals surface area contributed by atoms with Gasteiger partial charge in [0.2, 0.25) is 10.0 Å². The van der Waals surface area contributed by atoms with E-state index >= 15 is 0 Å². The van der Waals surface area contributed by atoms with Crippen LogP contribution in [0.2, 0.25) is 0 Å². The van der Waals surface area contributed by atoms with E-state index in [0.717, 1.165) is 12.8 Å². The monoisotopic (exact) mass is 347 g/mol. The van der Waals surface area contributed by atoms with Crippen LogP contribution >= 0.6 is 0 Å². The molecule has 1 amide bonds. The summed E-state index contributed by atoms with van der Waals surface area (Å²) in [6.45, 7) is 2.81. The van der Waals surface area contributed by atoms with Gasteiger partial charge in [0.1, 0.15) is 10.6 Å². The third kappa shape index (κ3) is 2.97. The molecule has 2 heterocycles. The number of amides is 1. The molecule has 7 heteroatoms. The molecule has 0 atom stereocenters. The quantitative estimate of drug-likeness (QED) is 0.923. The van der Waals surface area contributed by atoms with Crippen LogP contribution < -0.4 is 5.32 Å². The molecular weight excluding hydrogens is 326 g/mol. The van der Waals surface area contributed by atoms with Crippen LogP contribution in [0.5, 0.6) is 0 Å². The minimum Gasteiger partial charge on any atom is -0.343 e. The summed E-state index contributed by atoms with van der Waals surface area (Å²) >= 11 is 0. The summed E-state index contributed by atoms with van der Waals surface area (Å²) in [7, 11) is -1.84. The molecule has 1 saturated heterocycles. The Morgan fingerprint density at radius 2 is 1.75 bits per heavy atom. The summed E-state index contributed by atoms with van der Waals surface area (Å²) in [4.78, 5) is 12.7. The molecule has 0 saturated carbocycles. The second-order valence-corrected chi connectivity index (χ2v) is 7.88. The summed E-state index contributed by atoms with van der Waals surface area (Å²) in [6.07, 6.45) is 1.76. The molecule has 1 aromatic carbocycles. The van der Waals surface area contributed by atoms with Crippen molar-refractivity contribution in [1.82, 2.24) is 8.87 Å². The number of carbonyl (C=O) groups excluding carboxylic acids is 1. The van der Waals surface area contributed by atoms with E-state index in [4.69, 9.17) is 0 Å². The Bertz CT molecular complexity index is 851. The lowest BCUT2D eigenvalue weighted by Crippen LogP contribution is -2.28. The largest absolute Gasteiger partial charge is 0.343 e. The number of aromatic nitrogens is 1. The van der Waals surface area contributed by atoms with Gasteiger partial charge in [-0.15, -0.1) is 0 Å². The van der Waals surface area contributed by atoms with Gasteiger partial charge < -0.3 is 9.88 Å². The molecule has 0 spiro atoms. The molecule has 1 aliphatic heterocycles. The molecule has 1 fully saturated rings. The number of carbonyl (C=O) groups is 1. The molecule has 0 unspecified atom stereocenters. The maximum absolute atomic E-state index is 12.8. The van der Waals surface area contributed by atoms with Gasteiger partial charge >= 0.3 is 0 Å². The summed E-state index contributed by atoms with van der Waals surface area (Å²) in [6, 6.07) is 10.6. The lowest BCUT2D eigenvalue weighted by atomic mass is 10.3. The Balaban J connectivity index is 1.92. The molecule has 1 aliphatic rings. The predicted octanol–water partition coefficient (Wildman–Crippen LogP) is 2.37. The molecule has 24 heavy (non-hydrogen) atoms. The number of hydrogen-bond acceptors (Lipinski definition) is 3. The molecule has 1 aromatic heterocycles. The fourth-order valence-corrected chi connectivity index (χ4v) is 4.72. The summed E-state index contributed by atoms with van der Waals surface area (Å²) in [5, 5.41) is 2.79. The first-order valence-electron chi connectivity index (χ1n) is 7.94. The molecule has 2 aromatic rings. The van der Waals surface area contributed by atoms with Crippen LogP contribution in [0, 0.1) is 6.92 Å². The van der Waals surface area contributed by atoms with Crippen LogP contribution in [0.25, 0.3) is 0 Å². The smallest absolute Gasteiger partial charge is 0.272 e. The highest BCUT2D eigenvalue weighted by atomic mass is 32.2. The van der Waals surface area contributed by atoms with E-state index in [1.54, 1.807) is 30.7 Å². The summed E-state index contributed by atoms with van der Waals surface area (Å²) in [5.74, 6) is -0.324. The van der Waals surface area contributed by atoms with Crippen molar-refractivity contribution in [2.75, 3.05) is 18.4 Å². The number of rotatable bonds is 4. The lowest BCUT2D eigenvalue weighted by Gasteiger charge is -2.15. The van der Waals surface area contributed by atoms with E-state index in [-0.39, 0.29) is 10.8 Å². The van der Waals surface area contributed by atoms with Gasteiger partial charge in [-0.1, -0.05) is 18.2 Å². The van der Waals surface area contributed by atoms with Crippen LogP contribution in [0.1, 0.15) is 29.0 Å². The number of sulfonamides is 1. The molecular formula is C17H21N3O3S. The normalized spacial score (nSPS) is 15.6. The van der Waals surface area contributed by atoms with Crippen molar-refractivity contribution in [3.05, 3.63) is 47.8 Å². The van der Waals surface area contributed by atoms with Gasteiger partial charge in [-0.05, 0) is 38.0 Å². The molecule has 3 rings (SSSR count). The van der Waals surface area contributed by atoms with Crippen LogP contribution in [0.3, 0.4) is 0 Å². The third-order valence-electron chi connectivity index (χ3n) is 4.44. The zero-order valence-corrected chi connectivity index (χ0v) is 14.6. The molecule has 0 radical (unpaired) electrons. The minimum atomic E-state index is -3.54. The highest BCUT2D eigenvalue weighted by Crippen LogP contribution is 2.26. The zero-order valence-electron chi connectivity index (χ0n) is 13.8. The maximum atomic E-state index is 12.8. The highest BCUT2D eigenvalue weighted by Gasteiger charge is 2.31. The van der Waals surface area contributed by atoms with Gasteiger partial charge in [0, 0.05) is 31.5 Å². The van der Waals surface area contributed by atoms with E-state index in [0.29, 0.717) is 30.2 Å². The Morgan fingerprint density at radius 3 is 2.38 bits per heavy atom. The molecule has 128 valence electrons. The summed E-state index contributed by atoms with van der Waals surface area (Å²) in [5.41, 5.74) is 1.57. The SMILES string of the molecule is Cc1c(S(=O)(=O)N2CCCC2)cc(C(=O)Nc2ccccc2)n1C. The Labute approximate surface area is 142 Å². The van der Waals surface area contributed by atoms with Gasteiger partial charge in [-0.25, -0.2) is 8.42 Å². The van der Waals surface area contributed by atoms with Crippen LogP contribution in [0.15, 0.2) is 41.3 Å². The number of hydrogen-bond donors (Lipinski definition) is 1. The predicted molar refractivity (Wildman–Crippen MR) is 92.5 cm³/mol. The molecule has 0 bridgehead atoms. The topological polar surface area (TPSA) is 71.4 Å². The van der Waals surface area contributed by atoms with Crippen LogP contribution in [0.4, 0.5) is 5.69 Å². The van der Waals surface area contributed by atoms with E-state index in [9.17, 15) is 13.2 Å². The number of anilines is 1. The van der Waals surface area contributed by atoms with Crippen molar-refractivity contribution < 1.29 is 13.2 Å². The molecule has 0 aliphatic carbocycles. The number of nitrogens with zero attached hydrogens (tertiary/aromatic N) is 2. The number of benzene rings is 1. The lowest BCUT2D eigenvalue weighted by molar-refractivity contribution is 0.101. The zero-order chi connectivity index (χ0) is 17.3. The van der Waals surface area contributed by atoms with Gasteiger partial charge in [0.05, 0.1) is 0 Å².